The highest BCUT2D eigenvalue weighted by molar-refractivity contribution is 7.17. The maximum absolute atomic E-state index is 5.77. The zero-order valence-corrected chi connectivity index (χ0v) is 13.0. The zero-order valence-electron chi connectivity index (χ0n) is 12.2. The lowest BCUT2D eigenvalue weighted by atomic mass is 10.0. The minimum atomic E-state index is 0.0328. The molecule has 0 amide bonds. The van der Waals surface area contributed by atoms with E-state index in [1.54, 1.807) is 11.3 Å². The number of hydrazine groups is 1. The molecule has 0 spiro atoms. The largest absolute Gasteiger partial charge is 0.271 e. The topological polar surface area (TPSA) is 68.8 Å². The fraction of sp³-hybridized carbons (Fsp3) is 0.333. The lowest BCUT2D eigenvalue weighted by Crippen LogP contribution is -2.30. The number of nitrogens with one attached hydrogen (secondary N) is 1. The molecule has 0 bridgehead atoms. The Morgan fingerprint density at radius 1 is 1.43 bits per heavy atom. The Morgan fingerprint density at radius 3 is 3.05 bits per heavy atom. The van der Waals surface area contributed by atoms with Crippen LogP contribution in [0.2, 0.25) is 0 Å². The van der Waals surface area contributed by atoms with Gasteiger partial charge in [-0.05, 0) is 43.0 Å². The summed E-state index contributed by atoms with van der Waals surface area (Å²) in [5.41, 5.74) is 7.27. The third-order valence-corrected chi connectivity index (χ3v) is 4.48. The van der Waals surface area contributed by atoms with Gasteiger partial charge < -0.3 is 0 Å². The van der Waals surface area contributed by atoms with E-state index in [0.717, 1.165) is 29.7 Å². The predicted octanol–water partition coefficient (Wildman–Crippen LogP) is 2.57. The molecule has 3 heterocycles. The van der Waals surface area contributed by atoms with E-state index >= 15 is 0 Å². The summed E-state index contributed by atoms with van der Waals surface area (Å²) in [4.78, 5) is 4.49. The summed E-state index contributed by atoms with van der Waals surface area (Å²) in [6, 6.07) is 6.34. The molecule has 6 heteroatoms. The summed E-state index contributed by atoms with van der Waals surface area (Å²) in [6.07, 6.45) is 2.70. The molecule has 3 rings (SSSR count). The van der Waals surface area contributed by atoms with Crippen molar-refractivity contribution in [2.24, 2.45) is 5.84 Å². The van der Waals surface area contributed by atoms with E-state index in [1.807, 2.05) is 23.9 Å². The van der Waals surface area contributed by atoms with Gasteiger partial charge in [-0.1, -0.05) is 0 Å². The fourth-order valence-electron chi connectivity index (χ4n) is 2.57. The first-order chi connectivity index (χ1) is 10.2. The van der Waals surface area contributed by atoms with E-state index in [1.165, 1.54) is 10.4 Å². The molecular formula is C15H19N5S. The number of aromatic nitrogens is 3. The Bertz CT molecular complexity index is 745. The maximum Gasteiger partial charge on any atom is 0.0809 e. The molecular weight excluding hydrogens is 282 g/mol. The highest BCUT2D eigenvalue weighted by Gasteiger charge is 2.15. The molecule has 3 aromatic heterocycles. The minimum absolute atomic E-state index is 0.0328. The van der Waals surface area contributed by atoms with Crippen molar-refractivity contribution in [3.63, 3.8) is 0 Å². The molecule has 3 N–H and O–H groups in total. The van der Waals surface area contributed by atoms with Gasteiger partial charge in [0.25, 0.3) is 0 Å². The first-order valence-corrected chi connectivity index (χ1v) is 7.92. The van der Waals surface area contributed by atoms with E-state index in [2.05, 4.69) is 39.9 Å². The lowest BCUT2D eigenvalue weighted by molar-refractivity contribution is 0.516. The normalized spacial score (nSPS) is 12.9. The number of nitrogens with two attached hydrogens (primary N) is 1. The zero-order chi connectivity index (χ0) is 14.8. The van der Waals surface area contributed by atoms with Gasteiger partial charge in [-0.15, -0.1) is 11.3 Å². The molecule has 1 atom stereocenters. The lowest BCUT2D eigenvalue weighted by Gasteiger charge is -2.16. The van der Waals surface area contributed by atoms with Gasteiger partial charge in [-0.3, -0.25) is 20.9 Å². The van der Waals surface area contributed by atoms with Crippen molar-refractivity contribution in [1.29, 1.82) is 0 Å². The van der Waals surface area contributed by atoms with Crippen LogP contribution in [0.3, 0.4) is 0 Å². The van der Waals surface area contributed by atoms with Crippen LogP contribution >= 0.6 is 11.3 Å². The van der Waals surface area contributed by atoms with Crippen molar-refractivity contribution in [2.75, 3.05) is 0 Å². The van der Waals surface area contributed by atoms with Crippen molar-refractivity contribution in [3.8, 4) is 0 Å². The first-order valence-electron chi connectivity index (χ1n) is 7.04. The van der Waals surface area contributed by atoms with Crippen molar-refractivity contribution in [1.82, 2.24) is 20.2 Å². The van der Waals surface area contributed by atoms with Gasteiger partial charge in [0, 0.05) is 24.9 Å². The van der Waals surface area contributed by atoms with Gasteiger partial charge in [0.05, 0.1) is 22.0 Å². The van der Waals surface area contributed by atoms with Gasteiger partial charge >= 0.3 is 0 Å². The Labute approximate surface area is 127 Å². The van der Waals surface area contributed by atoms with E-state index in [-0.39, 0.29) is 6.04 Å². The van der Waals surface area contributed by atoms with Crippen LogP contribution in [0.5, 0.6) is 0 Å². The number of hydrogen-bond donors (Lipinski definition) is 2. The number of hydrogen-bond acceptors (Lipinski definition) is 5. The molecule has 0 saturated carbocycles. The van der Waals surface area contributed by atoms with E-state index in [0.29, 0.717) is 0 Å². The molecule has 0 aliphatic rings. The van der Waals surface area contributed by atoms with Crippen LogP contribution < -0.4 is 11.3 Å². The second-order valence-corrected chi connectivity index (χ2v) is 6.04. The number of thiophene rings is 1. The van der Waals surface area contributed by atoms with Crippen LogP contribution in [0.1, 0.15) is 29.9 Å². The molecule has 5 nitrogen and oxygen atoms in total. The van der Waals surface area contributed by atoms with Gasteiger partial charge in [-0.2, -0.15) is 5.10 Å². The summed E-state index contributed by atoms with van der Waals surface area (Å²) in [5, 5.41) is 6.54. The van der Waals surface area contributed by atoms with E-state index in [9.17, 15) is 0 Å². The molecule has 0 fully saturated rings. The standard InChI is InChI=1S/C15H19N5S/c1-3-20-12(6-10(2)19-20)8-14(18-16)11-7-15-13(17-9-11)4-5-21-15/h4-7,9,14,18H,3,8,16H2,1-2H3. The van der Waals surface area contributed by atoms with Crippen molar-refractivity contribution in [3.05, 3.63) is 46.7 Å². The number of rotatable bonds is 5. The molecule has 0 aliphatic carbocycles. The summed E-state index contributed by atoms with van der Waals surface area (Å²) in [5.74, 6) is 5.77. The van der Waals surface area contributed by atoms with Gasteiger partial charge in [0.2, 0.25) is 0 Å². The monoisotopic (exact) mass is 301 g/mol. The summed E-state index contributed by atoms with van der Waals surface area (Å²) < 4.78 is 3.21. The van der Waals surface area contributed by atoms with Crippen molar-refractivity contribution < 1.29 is 0 Å². The quantitative estimate of drug-likeness (QED) is 0.561. The maximum atomic E-state index is 5.77. The molecule has 21 heavy (non-hydrogen) atoms. The number of nitrogens with zero attached hydrogens (tertiary/aromatic N) is 3. The van der Waals surface area contributed by atoms with Crippen LogP contribution in [0, 0.1) is 6.92 Å². The van der Waals surface area contributed by atoms with Crippen LogP contribution in [-0.2, 0) is 13.0 Å². The van der Waals surface area contributed by atoms with E-state index < -0.39 is 0 Å². The predicted molar refractivity (Wildman–Crippen MR) is 86.0 cm³/mol. The van der Waals surface area contributed by atoms with Gasteiger partial charge in [0.1, 0.15) is 0 Å². The summed E-state index contributed by atoms with van der Waals surface area (Å²) in [7, 11) is 0. The molecule has 3 aromatic rings. The highest BCUT2D eigenvalue weighted by Crippen LogP contribution is 2.24. The van der Waals surface area contributed by atoms with Gasteiger partial charge in [0.15, 0.2) is 0 Å². The Balaban J connectivity index is 1.90. The van der Waals surface area contributed by atoms with Gasteiger partial charge in [-0.25, -0.2) is 0 Å². The average molecular weight is 301 g/mol. The molecule has 0 saturated heterocycles. The highest BCUT2D eigenvalue weighted by atomic mass is 32.1. The summed E-state index contributed by atoms with van der Waals surface area (Å²) in [6.45, 7) is 4.97. The van der Waals surface area contributed by atoms with E-state index in [4.69, 9.17) is 5.84 Å². The van der Waals surface area contributed by atoms with Crippen LogP contribution in [0.15, 0.2) is 29.8 Å². The second kappa shape index (κ2) is 5.93. The smallest absolute Gasteiger partial charge is 0.0809 e. The SMILES string of the molecule is CCn1nc(C)cc1CC(NN)c1cnc2ccsc2c1. The Morgan fingerprint density at radius 2 is 2.29 bits per heavy atom. The first kappa shape index (κ1) is 14.2. The molecule has 0 aliphatic heterocycles. The third kappa shape index (κ3) is 2.83. The number of pyridine rings is 1. The number of aryl methyl sites for hydroxylation is 2. The van der Waals surface area contributed by atoms with Crippen LogP contribution in [0.25, 0.3) is 10.2 Å². The minimum Gasteiger partial charge on any atom is -0.271 e. The van der Waals surface area contributed by atoms with Crippen molar-refractivity contribution in [2.45, 2.75) is 32.9 Å². The Kier molecular flexibility index (Phi) is 4.01. The molecule has 1 unspecified atom stereocenters. The second-order valence-electron chi connectivity index (χ2n) is 5.09. The molecule has 110 valence electrons. The fourth-order valence-corrected chi connectivity index (χ4v) is 3.36. The van der Waals surface area contributed by atoms with Crippen LogP contribution in [-0.4, -0.2) is 14.8 Å². The average Bonchev–Trinajstić information content (AvgIpc) is 3.09. The summed E-state index contributed by atoms with van der Waals surface area (Å²) >= 11 is 1.70. The molecule has 0 radical (unpaired) electrons. The van der Waals surface area contributed by atoms with Crippen LogP contribution in [0.4, 0.5) is 0 Å². The third-order valence-electron chi connectivity index (χ3n) is 3.63. The molecule has 0 aromatic carbocycles. The van der Waals surface area contributed by atoms with Crippen molar-refractivity contribution >= 4 is 21.6 Å². The Hall–Kier alpha value is -1.76. The number of fused-ring (bicyclic) bond motifs is 1.